The molecule has 4 rings (SSSR count). The molecule has 2 aromatic rings. The fourth-order valence-corrected chi connectivity index (χ4v) is 3.81. The first-order valence-corrected chi connectivity index (χ1v) is 8.19. The summed E-state index contributed by atoms with van der Waals surface area (Å²) in [5, 5.41) is 7.25. The van der Waals surface area contributed by atoms with E-state index in [4.69, 9.17) is 9.47 Å². The van der Waals surface area contributed by atoms with Crippen LogP contribution in [0, 0.1) is 13.8 Å². The molecule has 1 aromatic heterocycles. The van der Waals surface area contributed by atoms with Crippen molar-refractivity contribution in [1.82, 2.24) is 5.32 Å². The third-order valence-corrected chi connectivity index (χ3v) is 5.20. The molecule has 0 spiro atoms. The topological polar surface area (TPSA) is 59.6 Å². The minimum absolute atomic E-state index is 0.0269. The number of fused-ring (bicyclic) bond motifs is 2. The van der Waals surface area contributed by atoms with E-state index < -0.39 is 0 Å². The number of carbonyl (C=O) groups excluding carboxylic acids is 1. The van der Waals surface area contributed by atoms with Crippen LogP contribution in [0.1, 0.15) is 26.4 Å². The largest absolute Gasteiger partial charge is 0.454 e. The molecule has 1 atom stereocenters. The molecule has 0 unspecified atom stereocenters. The van der Waals surface area contributed by atoms with Crippen LogP contribution >= 0.6 is 11.3 Å². The second kappa shape index (κ2) is 5.31. The fourth-order valence-electron chi connectivity index (χ4n) is 2.71. The van der Waals surface area contributed by atoms with E-state index in [0.717, 1.165) is 38.1 Å². The quantitative estimate of drug-likeness (QED) is 0.888. The molecule has 0 bridgehead atoms. The zero-order valence-electron chi connectivity index (χ0n) is 12.8. The second-order valence-corrected chi connectivity index (χ2v) is 6.78. The number of aryl methyl sites for hydroxylation is 1. The summed E-state index contributed by atoms with van der Waals surface area (Å²) >= 11 is 1.62. The first-order chi connectivity index (χ1) is 11.1. The van der Waals surface area contributed by atoms with Gasteiger partial charge in [0, 0.05) is 4.88 Å². The molecule has 0 saturated heterocycles. The van der Waals surface area contributed by atoms with Crippen molar-refractivity contribution in [3.05, 3.63) is 45.8 Å². The number of rotatable bonds is 2. The van der Waals surface area contributed by atoms with Crippen molar-refractivity contribution < 1.29 is 14.3 Å². The van der Waals surface area contributed by atoms with Gasteiger partial charge in [0.2, 0.25) is 6.79 Å². The number of nitrogens with one attached hydrogen (secondary N) is 2. The van der Waals surface area contributed by atoms with Crippen molar-refractivity contribution in [2.45, 2.75) is 20.0 Å². The Morgan fingerprint density at radius 1 is 1.22 bits per heavy atom. The number of anilines is 1. The van der Waals surface area contributed by atoms with E-state index in [1.54, 1.807) is 11.3 Å². The van der Waals surface area contributed by atoms with Crippen LogP contribution in [0.3, 0.4) is 0 Å². The number of hydrogen-bond acceptors (Lipinski definition) is 5. The summed E-state index contributed by atoms with van der Waals surface area (Å²) in [6.45, 7) is 4.28. The second-order valence-electron chi connectivity index (χ2n) is 5.55. The maximum atomic E-state index is 12.3. The molecule has 23 heavy (non-hydrogen) atoms. The van der Waals surface area contributed by atoms with Crippen LogP contribution in [0.2, 0.25) is 0 Å². The maximum Gasteiger partial charge on any atom is 0.256 e. The molecular weight excluding hydrogens is 312 g/mol. The number of thiophene rings is 1. The van der Waals surface area contributed by atoms with Gasteiger partial charge in [-0.25, -0.2) is 0 Å². The first-order valence-electron chi connectivity index (χ1n) is 7.37. The minimum Gasteiger partial charge on any atom is -0.454 e. The van der Waals surface area contributed by atoms with Crippen LogP contribution < -0.4 is 20.1 Å². The molecule has 0 aliphatic carbocycles. The van der Waals surface area contributed by atoms with Gasteiger partial charge >= 0.3 is 0 Å². The highest BCUT2D eigenvalue weighted by molar-refractivity contribution is 7.16. The molecule has 1 amide bonds. The average molecular weight is 328 g/mol. The standard InChI is InChI=1S/C17H16N2O3S/c1-9-10(2)23-17-15(9)16(20)18-14(19-17)6-4-11-3-5-12-13(7-11)22-8-21-12/h3-7,14,19H,8H2,1-2H3,(H,18,20)/t14-/m1/s1. The molecule has 3 heterocycles. The van der Waals surface area contributed by atoms with Gasteiger partial charge in [-0.15, -0.1) is 11.3 Å². The summed E-state index contributed by atoms with van der Waals surface area (Å²) in [4.78, 5) is 13.4. The van der Waals surface area contributed by atoms with E-state index in [1.807, 2.05) is 44.2 Å². The van der Waals surface area contributed by atoms with Crippen LogP contribution in [0.5, 0.6) is 11.5 Å². The molecule has 6 heteroatoms. The normalized spacial score (nSPS) is 18.7. The highest BCUT2D eigenvalue weighted by atomic mass is 32.1. The van der Waals surface area contributed by atoms with Crippen molar-refractivity contribution in [2.75, 3.05) is 12.1 Å². The average Bonchev–Trinajstić information content (AvgIpc) is 3.10. The molecule has 118 valence electrons. The van der Waals surface area contributed by atoms with Crippen molar-refractivity contribution in [3.8, 4) is 11.5 Å². The van der Waals surface area contributed by atoms with Gasteiger partial charge in [-0.3, -0.25) is 4.79 Å². The molecule has 2 aliphatic rings. The lowest BCUT2D eigenvalue weighted by Crippen LogP contribution is -2.43. The molecule has 0 saturated carbocycles. The van der Waals surface area contributed by atoms with E-state index in [9.17, 15) is 4.79 Å². The summed E-state index contributed by atoms with van der Waals surface area (Å²) in [5.74, 6) is 1.49. The summed E-state index contributed by atoms with van der Waals surface area (Å²) in [6.07, 6.45) is 3.67. The van der Waals surface area contributed by atoms with Crippen molar-refractivity contribution in [3.63, 3.8) is 0 Å². The zero-order valence-corrected chi connectivity index (χ0v) is 13.6. The third kappa shape index (κ3) is 2.45. The number of benzene rings is 1. The van der Waals surface area contributed by atoms with Crippen molar-refractivity contribution in [1.29, 1.82) is 0 Å². The minimum atomic E-state index is -0.224. The van der Waals surface area contributed by atoms with Gasteiger partial charge in [-0.1, -0.05) is 12.1 Å². The van der Waals surface area contributed by atoms with Crippen LogP contribution in [0.25, 0.3) is 6.08 Å². The molecule has 2 aliphatic heterocycles. The molecule has 5 nitrogen and oxygen atoms in total. The molecule has 1 aromatic carbocycles. The van der Waals surface area contributed by atoms with Crippen LogP contribution in [-0.2, 0) is 0 Å². The molecule has 0 radical (unpaired) electrons. The number of carbonyl (C=O) groups is 1. The SMILES string of the molecule is Cc1sc2c(c1C)C(=O)N[C@@H](C=Cc1ccc3c(c1)OCO3)N2. The summed E-state index contributed by atoms with van der Waals surface area (Å²) < 4.78 is 10.7. The van der Waals surface area contributed by atoms with Crippen molar-refractivity contribution >= 4 is 28.3 Å². The van der Waals surface area contributed by atoms with Gasteiger partial charge in [0.05, 0.1) is 5.56 Å². The lowest BCUT2D eigenvalue weighted by atomic mass is 10.1. The van der Waals surface area contributed by atoms with Crippen LogP contribution in [-0.4, -0.2) is 18.9 Å². The van der Waals surface area contributed by atoms with Gasteiger partial charge in [0.15, 0.2) is 11.5 Å². The van der Waals surface area contributed by atoms with E-state index in [-0.39, 0.29) is 18.9 Å². The van der Waals surface area contributed by atoms with E-state index >= 15 is 0 Å². The molecule has 0 fully saturated rings. The first kappa shape index (κ1) is 14.1. The van der Waals surface area contributed by atoms with E-state index in [1.165, 1.54) is 0 Å². The highest BCUT2D eigenvalue weighted by Gasteiger charge is 2.26. The van der Waals surface area contributed by atoms with Crippen LogP contribution in [0.4, 0.5) is 5.00 Å². The lowest BCUT2D eigenvalue weighted by molar-refractivity contribution is 0.0943. The lowest BCUT2D eigenvalue weighted by Gasteiger charge is -2.23. The Hall–Kier alpha value is -2.47. The Morgan fingerprint density at radius 2 is 2.04 bits per heavy atom. The van der Waals surface area contributed by atoms with Crippen molar-refractivity contribution in [2.24, 2.45) is 0 Å². The van der Waals surface area contributed by atoms with Crippen LogP contribution in [0.15, 0.2) is 24.3 Å². The Labute approximate surface area is 137 Å². The summed E-state index contributed by atoms with van der Waals surface area (Å²) in [6, 6.07) is 5.77. The predicted octanol–water partition coefficient (Wildman–Crippen LogP) is 3.29. The Balaban J connectivity index is 1.55. The Kier molecular flexibility index (Phi) is 3.27. The Morgan fingerprint density at radius 3 is 2.91 bits per heavy atom. The highest BCUT2D eigenvalue weighted by Crippen LogP contribution is 2.35. The maximum absolute atomic E-state index is 12.3. The van der Waals surface area contributed by atoms with E-state index in [0.29, 0.717) is 0 Å². The molecule has 2 N–H and O–H groups in total. The van der Waals surface area contributed by atoms with E-state index in [2.05, 4.69) is 10.6 Å². The van der Waals surface area contributed by atoms with Gasteiger partial charge in [0.25, 0.3) is 5.91 Å². The third-order valence-electron chi connectivity index (χ3n) is 4.06. The Bertz CT molecular complexity index is 825. The number of hydrogen-bond donors (Lipinski definition) is 2. The predicted molar refractivity (Wildman–Crippen MR) is 90.3 cm³/mol. The number of ether oxygens (including phenoxy) is 2. The smallest absolute Gasteiger partial charge is 0.256 e. The number of amides is 1. The van der Waals surface area contributed by atoms with Gasteiger partial charge in [-0.2, -0.15) is 0 Å². The van der Waals surface area contributed by atoms with Gasteiger partial charge < -0.3 is 20.1 Å². The summed E-state index contributed by atoms with van der Waals surface area (Å²) in [5.41, 5.74) is 2.81. The zero-order chi connectivity index (χ0) is 16.0. The molecular formula is C17H16N2O3S. The monoisotopic (exact) mass is 328 g/mol. The fraction of sp³-hybridized carbons (Fsp3) is 0.235. The summed E-state index contributed by atoms with van der Waals surface area (Å²) in [7, 11) is 0. The van der Waals surface area contributed by atoms with Gasteiger partial charge in [-0.05, 0) is 43.2 Å². The van der Waals surface area contributed by atoms with Gasteiger partial charge in [0.1, 0.15) is 11.2 Å².